The van der Waals surface area contributed by atoms with Crippen molar-refractivity contribution in [1.82, 2.24) is 39.5 Å². The molecule has 0 bridgehead atoms. The lowest BCUT2D eigenvalue weighted by molar-refractivity contribution is -0.358. The predicted molar refractivity (Wildman–Crippen MR) is 178 cm³/mol. The molecule has 21 heteroatoms. The molecular weight excluding hydrogens is 644 g/mol. The Balaban J connectivity index is 0.000000336. The Hall–Kier alpha value is -5.28. The van der Waals surface area contributed by atoms with Gasteiger partial charge in [-0.1, -0.05) is 52.4 Å². The van der Waals surface area contributed by atoms with Crippen LogP contribution in [0.25, 0.3) is 0 Å². The summed E-state index contributed by atoms with van der Waals surface area (Å²) in [4.78, 5) is 17.7. The molecule has 0 unspecified atom stereocenters. The van der Waals surface area contributed by atoms with E-state index in [4.69, 9.17) is 40.5 Å². The van der Waals surface area contributed by atoms with Crippen LogP contribution in [0.5, 0.6) is 0 Å². The van der Waals surface area contributed by atoms with Crippen LogP contribution in [-0.4, -0.2) is 57.0 Å². The Bertz CT molecular complexity index is 1540. The standard InChI is InChI=1S/C12H19N7.C9H17N3.2C3H5N3.H2O4S/c1-2-3-4-5-8-19-11(13)10(9-16-19)17-18-12-14-6-7-15-12;1-2-3-4-5-8-12-9(10)6-7-11-12;2*4-3-5-1-2-6-3;1-5(2,3)4/h6-7,9H,2-5,8,13H2,1H3,(H,14,15);6-7H,2-5,8,10H2,1H3;2*1-2H,(H3,4,5,6);(H2,1,2,3,4). The molecule has 0 atom stereocenters. The topological polar surface area (TPSA) is 333 Å². The Kier molecular flexibility index (Phi) is 20.3. The van der Waals surface area contributed by atoms with Crippen LogP contribution in [0.2, 0.25) is 0 Å². The number of anilines is 4. The Morgan fingerprint density at radius 3 is 1.73 bits per heavy atom. The maximum atomic E-state index is 8.52. The Morgan fingerprint density at radius 1 is 0.771 bits per heavy atom. The van der Waals surface area contributed by atoms with Crippen LogP contribution in [-0.2, 0) is 23.5 Å². The summed E-state index contributed by atoms with van der Waals surface area (Å²) in [6, 6.07) is 1.83. The highest BCUT2D eigenvalue weighted by Crippen LogP contribution is 2.23. The van der Waals surface area contributed by atoms with Crippen LogP contribution < -0.4 is 32.9 Å². The fourth-order valence-electron chi connectivity index (χ4n) is 3.57. The molecule has 0 saturated heterocycles. The molecule has 0 spiro atoms. The zero-order valence-electron chi connectivity index (χ0n) is 27.2. The van der Waals surface area contributed by atoms with E-state index < -0.39 is 10.4 Å². The van der Waals surface area contributed by atoms with E-state index in [9.17, 15) is 0 Å². The number of rotatable bonds is 12. The third kappa shape index (κ3) is 20.7. The molecule has 13 N–H and O–H groups in total. The number of nitrogens with two attached hydrogens (primary N) is 4. The first-order valence-corrected chi connectivity index (χ1v) is 16.5. The van der Waals surface area contributed by atoms with Crippen molar-refractivity contribution in [3.63, 3.8) is 0 Å². The van der Waals surface area contributed by atoms with E-state index >= 15 is 0 Å². The van der Waals surface area contributed by atoms with Gasteiger partial charge in [-0.3, -0.25) is 24.6 Å². The highest BCUT2D eigenvalue weighted by Gasteiger charge is 2.06. The third-order valence-electron chi connectivity index (χ3n) is 5.91. The lowest BCUT2D eigenvalue weighted by Gasteiger charge is -2.06. The number of nitrogens with zero attached hydrogens (tertiary/aromatic N) is 7. The van der Waals surface area contributed by atoms with Gasteiger partial charge in [-0.15, -0.1) is 10.2 Å². The van der Waals surface area contributed by atoms with Gasteiger partial charge in [0.15, 0.2) is 0 Å². The third-order valence-corrected chi connectivity index (χ3v) is 5.91. The van der Waals surface area contributed by atoms with Crippen LogP contribution in [0.15, 0.2) is 65.9 Å². The number of H-pyrrole nitrogens is 5. The first-order chi connectivity index (χ1) is 22.9. The van der Waals surface area contributed by atoms with Gasteiger partial charge in [0.1, 0.15) is 17.3 Å². The molecule has 0 aliphatic rings. The van der Waals surface area contributed by atoms with Crippen molar-refractivity contribution >= 4 is 45.6 Å². The molecule has 0 aromatic carbocycles. The number of imidazole rings is 3. The Morgan fingerprint density at radius 2 is 1.33 bits per heavy atom. The SMILES string of the molecule is CCCCCCn1ncc(N=Nc2ncc[nH]2)c1N.CCCCCCn1nccc1N.Nc1[nH]cc[nH+]1.Nc1[nH]cc[nH+]1.O=S(=O)([O-])[O-]. The van der Waals surface area contributed by atoms with E-state index in [2.05, 4.69) is 64.2 Å². The molecule has 5 rings (SSSR count). The predicted octanol–water partition coefficient (Wildman–Crippen LogP) is 2.71. The van der Waals surface area contributed by atoms with Crippen molar-refractivity contribution in [1.29, 1.82) is 0 Å². The van der Waals surface area contributed by atoms with Crippen molar-refractivity contribution < 1.29 is 27.5 Å². The number of nitrogen functional groups attached to an aromatic ring is 4. The van der Waals surface area contributed by atoms with Crippen molar-refractivity contribution in [2.75, 3.05) is 22.9 Å². The molecular formula is C27H48N16O4S. The van der Waals surface area contributed by atoms with E-state index in [0.717, 1.165) is 25.3 Å². The number of unbranched alkanes of at least 4 members (excludes halogenated alkanes) is 6. The monoisotopic (exact) mass is 692 g/mol. The molecule has 5 heterocycles. The summed E-state index contributed by atoms with van der Waals surface area (Å²) in [7, 11) is -5.17. The fraction of sp³-hybridized carbons (Fsp3) is 0.444. The van der Waals surface area contributed by atoms with Gasteiger partial charge in [0.2, 0.25) is 5.95 Å². The molecule has 0 amide bonds. The lowest BCUT2D eigenvalue weighted by atomic mass is 10.2. The minimum absolute atomic E-state index is 0.454. The van der Waals surface area contributed by atoms with Crippen LogP contribution >= 0.6 is 0 Å². The van der Waals surface area contributed by atoms with Gasteiger partial charge < -0.3 is 25.6 Å². The van der Waals surface area contributed by atoms with E-state index in [1.165, 1.54) is 44.9 Å². The molecule has 0 fully saturated rings. The van der Waals surface area contributed by atoms with Crippen LogP contribution in [0.4, 0.5) is 35.2 Å². The molecule has 48 heavy (non-hydrogen) atoms. The number of azo groups is 1. The van der Waals surface area contributed by atoms with E-state index in [-0.39, 0.29) is 0 Å². The Labute approximate surface area is 279 Å². The molecule has 0 aliphatic carbocycles. The summed E-state index contributed by atoms with van der Waals surface area (Å²) in [6.45, 7) is 6.18. The number of aromatic amines is 5. The minimum Gasteiger partial charge on any atom is -0.759 e. The molecule has 266 valence electrons. The average Bonchev–Trinajstić information content (AvgIpc) is 3.88. The van der Waals surface area contributed by atoms with Crippen molar-refractivity contribution in [3.05, 3.63) is 55.6 Å². The number of nitrogens with one attached hydrogen (secondary N) is 5. The van der Waals surface area contributed by atoms with Gasteiger partial charge >= 0.3 is 11.9 Å². The number of aromatic nitrogens is 10. The van der Waals surface area contributed by atoms with Crippen LogP contribution in [0.1, 0.15) is 65.2 Å². The first kappa shape index (κ1) is 40.7. The summed E-state index contributed by atoms with van der Waals surface area (Å²) < 4.78 is 37.7. The van der Waals surface area contributed by atoms with E-state index in [1.807, 2.05) is 10.7 Å². The zero-order chi connectivity index (χ0) is 35.6. The summed E-state index contributed by atoms with van der Waals surface area (Å²) in [5.41, 5.74) is 22.5. The molecule has 20 nitrogen and oxygen atoms in total. The largest absolute Gasteiger partial charge is 0.759 e. The minimum atomic E-state index is -5.17. The van der Waals surface area contributed by atoms with E-state index in [0.29, 0.717) is 29.4 Å². The first-order valence-electron chi connectivity index (χ1n) is 15.2. The van der Waals surface area contributed by atoms with Gasteiger partial charge in [0.25, 0.3) is 0 Å². The summed E-state index contributed by atoms with van der Waals surface area (Å²) in [6.07, 6.45) is 23.4. The normalized spacial score (nSPS) is 10.5. The lowest BCUT2D eigenvalue weighted by Crippen LogP contribution is -2.04. The average molecular weight is 693 g/mol. The molecule has 0 aliphatic heterocycles. The molecule has 0 radical (unpaired) electrons. The maximum absolute atomic E-state index is 8.52. The fourth-order valence-corrected chi connectivity index (χ4v) is 3.57. The van der Waals surface area contributed by atoms with Gasteiger partial charge in [-0.05, 0) is 18.9 Å². The van der Waals surface area contributed by atoms with Gasteiger partial charge in [-0.2, -0.15) is 10.2 Å². The van der Waals surface area contributed by atoms with Gasteiger partial charge in [-0.25, -0.2) is 29.6 Å². The highest BCUT2D eigenvalue weighted by atomic mass is 32.3. The van der Waals surface area contributed by atoms with Crippen LogP contribution in [0, 0.1) is 0 Å². The quantitative estimate of drug-likeness (QED) is 0.0431. The van der Waals surface area contributed by atoms with Crippen LogP contribution in [0.3, 0.4) is 0 Å². The summed E-state index contributed by atoms with van der Waals surface area (Å²) in [5, 5.41) is 16.3. The van der Waals surface area contributed by atoms with Crippen molar-refractivity contribution in [2.45, 2.75) is 78.3 Å². The van der Waals surface area contributed by atoms with Crippen molar-refractivity contribution in [2.24, 2.45) is 10.2 Å². The second kappa shape index (κ2) is 24.0. The zero-order valence-corrected chi connectivity index (χ0v) is 28.1. The maximum Gasteiger partial charge on any atom is 0.350 e. The second-order valence-electron chi connectivity index (χ2n) is 9.83. The second-order valence-corrected chi connectivity index (χ2v) is 10.6. The number of hydrogen-bond donors (Lipinski definition) is 7. The molecule has 5 aromatic heterocycles. The number of hydrogen-bond acceptors (Lipinski definition) is 13. The van der Waals surface area contributed by atoms with E-state index in [1.54, 1.807) is 54.3 Å². The summed E-state index contributed by atoms with van der Waals surface area (Å²) in [5.74, 6) is 2.96. The van der Waals surface area contributed by atoms with Crippen molar-refractivity contribution in [3.8, 4) is 0 Å². The van der Waals surface area contributed by atoms with Gasteiger partial charge in [0.05, 0.1) is 37.2 Å². The highest BCUT2D eigenvalue weighted by molar-refractivity contribution is 7.79. The van der Waals surface area contributed by atoms with Gasteiger partial charge in [0, 0.05) is 35.9 Å². The summed E-state index contributed by atoms with van der Waals surface area (Å²) >= 11 is 0. The number of aryl methyl sites for hydroxylation is 2. The molecule has 5 aromatic rings. The molecule has 0 saturated carbocycles. The smallest absolute Gasteiger partial charge is 0.350 e.